The molecule has 0 saturated heterocycles. The SMILES string of the molecule is CC(=N[S@@](=O)C(C)(C)C)c1cccc(Cl)c1. The van der Waals surface area contributed by atoms with Crippen molar-refractivity contribution in [2.75, 3.05) is 0 Å². The van der Waals surface area contributed by atoms with Crippen molar-refractivity contribution in [3.05, 3.63) is 34.9 Å². The van der Waals surface area contributed by atoms with Gasteiger partial charge in [0.1, 0.15) is 11.0 Å². The van der Waals surface area contributed by atoms with Crippen LogP contribution in [0.15, 0.2) is 28.7 Å². The first kappa shape index (κ1) is 13.4. The Kier molecular flexibility index (Phi) is 4.28. The molecule has 88 valence electrons. The number of benzene rings is 1. The summed E-state index contributed by atoms with van der Waals surface area (Å²) in [5.74, 6) is 0. The Hall–Kier alpha value is -0.670. The lowest BCUT2D eigenvalue weighted by atomic mass is 10.1. The Morgan fingerprint density at radius 3 is 2.50 bits per heavy atom. The molecule has 0 aliphatic heterocycles. The zero-order valence-corrected chi connectivity index (χ0v) is 11.5. The fraction of sp³-hybridized carbons (Fsp3) is 0.417. The van der Waals surface area contributed by atoms with E-state index in [-0.39, 0.29) is 4.75 Å². The smallest absolute Gasteiger partial charge is 0.145 e. The van der Waals surface area contributed by atoms with Crippen LogP contribution in [0.5, 0.6) is 0 Å². The largest absolute Gasteiger partial charge is 0.234 e. The number of rotatable bonds is 2. The molecule has 0 N–H and O–H groups in total. The van der Waals surface area contributed by atoms with E-state index < -0.39 is 11.0 Å². The van der Waals surface area contributed by atoms with E-state index in [0.717, 1.165) is 11.3 Å². The van der Waals surface area contributed by atoms with Gasteiger partial charge < -0.3 is 0 Å². The average molecular weight is 258 g/mol. The number of hydrogen-bond acceptors (Lipinski definition) is 1. The van der Waals surface area contributed by atoms with Crippen LogP contribution >= 0.6 is 11.6 Å². The fourth-order valence-corrected chi connectivity index (χ4v) is 1.85. The molecule has 1 rings (SSSR count). The summed E-state index contributed by atoms with van der Waals surface area (Å²) < 4.78 is 15.7. The van der Waals surface area contributed by atoms with Gasteiger partial charge in [-0.15, -0.1) is 0 Å². The first-order valence-corrected chi connectivity index (χ1v) is 6.52. The van der Waals surface area contributed by atoms with Crippen LogP contribution in [0, 0.1) is 0 Å². The predicted molar refractivity (Wildman–Crippen MR) is 71.6 cm³/mol. The van der Waals surface area contributed by atoms with Crippen molar-refractivity contribution >= 4 is 28.3 Å². The second-order valence-electron chi connectivity index (χ2n) is 4.55. The van der Waals surface area contributed by atoms with Gasteiger partial charge >= 0.3 is 0 Å². The Bertz CT molecular complexity index is 435. The molecule has 0 aromatic heterocycles. The molecule has 0 spiro atoms. The summed E-state index contributed by atoms with van der Waals surface area (Å²) in [7, 11) is -1.23. The van der Waals surface area contributed by atoms with Gasteiger partial charge in [0, 0.05) is 5.02 Å². The molecule has 4 heteroatoms. The molecule has 1 atom stereocenters. The highest BCUT2D eigenvalue weighted by Crippen LogP contribution is 2.16. The molecule has 0 aliphatic carbocycles. The minimum absolute atomic E-state index is 0.333. The molecule has 16 heavy (non-hydrogen) atoms. The lowest BCUT2D eigenvalue weighted by Gasteiger charge is -2.14. The van der Waals surface area contributed by atoms with Gasteiger partial charge in [-0.1, -0.05) is 23.7 Å². The molecular weight excluding hydrogens is 242 g/mol. The van der Waals surface area contributed by atoms with E-state index in [9.17, 15) is 4.21 Å². The summed E-state index contributed by atoms with van der Waals surface area (Å²) in [6, 6.07) is 7.39. The van der Waals surface area contributed by atoms with E-state index in [4.69, 9.17) is 11.6 Å². The molecule has 0 fully saturated rings. The Balaban J connectivity index is 2.99. The third kappa shape index (κ3) is 3.72. The summed E-state index contributed by atoms with van der Waals surface area (Å²) in [6.45, 7) is 7.54. The molecule has 0 amide bonds. The molecular formula is C12H16ClNOS. The fourth-order valence-electron chi connectivity index (χ4n) is 1.03. The van der Waals surface area contributed by atoms with Crippen LogP contribution < -0.4 is 0 Å². The van der Waals surface area contributed by atoms with Gasteiger partial charge in [0.05, 0.1) is 10.5 Å². The van der Waals surface area contributed by atoms with Gasteiger partial charge in [-0.3, -0.25) is 0 Å². The van der Waals surface area contributed by atoms with Crippen molar-refractivity contribution in [2.24, 2.45) is 4.40 Å². The quantitative estimate of drug-likeness (QED) is 0.745. The molecule has 0 saturated carbocycles. The highest BCUT2D eigenvalue weighted by molar-refractivity contribution is 7.85. The summed E-state index contributed by atoms with van der Waals surface area (Å²) in [6.07, 6.45) is 0. The molecule has 0 bridgehead atoms. The standard InChI is InChI=1S/C12H16ClNOS/c1-9(14-16(15)12(2,3)4)10-6-5-7-11(13)8-10/h5-8H,1-4H3/t16-/m0/s1. The number of hydrogen-bond donors (Lipinski definition) is 0. The molecule has 1 aromatic rings. The van der Waals surface area contributed by atoms with Crippen LogP contribution in [0.3, 0.4) is 0 Å². The first-order valence-electron chi connectivity index (χ1n) is 5.04. The Morgan fingerprint density at radius 2 is 2.00 bits per heavy atom. The number of halogens is 1. The minimum Gasteiger partial charge on any atom is -0.234 e. The van der Waals surface area contributed by atoms with E-state index in [1.165, 1.54) is 0 Å². The van der Waals surface area contributed by atoms with E-state index in [2.05, 4.69) is 4.40 Å². The number of nitrogens with zero attached hydrogens (tertiary/aromatic N) is 1. The van der Waals surface area contributed by atoms with Crippen LogP contribution in [0.2, 0.25) is 5.02 Å². The van der Waals surface area contributed by atoms with Crippen LogP contribution in [0.1, 0.15) is 33.3 Å². The zero-order valence-electron chi connectivity index (χ0n) is 9.95. The lowest BCUT2D eigenvalue weighted by Crippen LogP contribution is -2.20. The van der Waals surface area contributed by atoms with E-state index in [0.29, 0.717) is 5.02 Å². The van der Waals surface area contributed by atoms with Crippen LogP contribution in [0.25, 0.3) is 0 Å². The monoisotopic (exact) mass is 257 g/mol. The van der Waals surface area contributed by atoms with E-state index in [1.54, 1.807) is 6.07 Å². The topological polar surface area (TPSA) is 29.4 Å². The molecule has 0 radical (unpaired) electrons. The van der Waals surface area contributed by atoms with Crippen molar-refractivity contribution in [1.29, 1.82) is 0 Å². The zero-order chi connectivity index (χ0) is 12.3. The van der Waals surface area contributed by atoms with Crippen molar-refractivity contribution in [1.82, 2.24) is 0 Å². The molecule has 2 nitrogen and oxygen atoms in total. The van der Waals surface area contributed by atoms with Gasteiger partial charge in [-0.05, 0) is 45.4 Å². The normalized spacial score (nSPS) is 14.9. The van der Waals surface area contributed by atoms with Crippen LogP contribution in [0.4, 0.5) is 0 Å². The second-order valence-corrected chi connectivity index (χ2v) is 6.89. The molecule has 0 unspecified atom stereocenters. The van der Waals surface area contributed by atoms with Gasteiger partial charge in [0.15, 0.2) is 0 Å². The molecule has 0 aliphatic rings. The third-order valence-corrected chi connectivity index (χ3v) is 3.71. The third-order valence-electron chi connectivity index (χ3n) is 1.99. The summed E-state index contributed by atoms with van der Waals surface area (Å²) in [5.41, 5.74) is 1.65. The van der Waals surface area contributed by atoms with Crippen LogP contribution in [-0.2, 0) is 11.0 Å². The highest BCUT2D eigenvalue weighted by atomic mass is 35.5. The highest BCUT2D eigenvalue weighted by Gasteiger charge is 2.19. The Labute approximate surface area is 104 Å². The van der Waals surface area contributed by atoms with E-state index >= 15 is 0 Å². The van der Waals surface area contributed by atoms with Crippen molar-refractivity contribution in [3.8, 4) is 0 Å². The van der Waals surface area contributed by atoms with Crippen molar-refractivity contribution < 1.29 is 4.21 Å². The van der Waals surface area contributed by atoms with Crippen molar-refractivity contribution in [3.63, 3.8) is 0 Å². The minimum atomic E-state index is -1.23. The summed E-state index contributed by atoms with van der Waals surface area (Å²) in [5, 5.41) is 0.661. The van der Waals surface area contributed by atoms with E-state index in [1.807, 2.05) is 45.9 Å². The Morgan fingerprint density at radius 1 is 1.38 bits per heavy atom. The average Bonchev–Trinajstić information content (AvgIpc) is 2.16. The molecule has 0 heterocycles. The second kappa shape index (κ2) is 5.11. The lowest BCUT2D eigenvalue weighted by molar-refractivity contribution is 0.650. The van der Waals surface area contributed by atoms with Crippen LogP contribution in [-0.4, -0.2) is 14.7 Å². The van der Waals surface area contributed by atoms with Gasteiger partial charge in [0.2, 0.25) is 0 Å². The maximum Gasteiger partial charge on any atom is 0.145 e. The summed E-state index contributed by atoms with van der Waals surface area (Å²) in [4.78, 5) is 0. The maximum atomic E-state index is 11.8. The summed E-state index contributed by atoms with van der Waals surface area (Å²) >= 11 is 5.88. The first-order chi connectivity index (χ1) is 7.30. The van der Waals surface area contributed by atoms with Crippen molar-refractivity contribution in [2.45, 2.75) is 32.4 Å². The predicted octanol–water partition coefficient (Wildman–Crippen LogP) is 3.61. The molecule has 1 aromatic carbocycles. The van der Waals surface area contributed by atoms with Gasteiger partial charge in [0.25, 0.3) is 0 Å². The van der Waals surface area contributed by atoms with Gasteiger partial charge in [-0.2, -0.15) is 4.40 Å². The maximum absolute atomic E-state index is 11.8. The van der Waals surface area contributed by atoms with Gasteiger partial charge in [-0.25, -0.2) is 4.21 Å².